The predicted molar refractivity (Wildman–Crippen MR) is 93.3 cm³/mol. The zero-order valence-electron chi connectivity index (χ0n) is 14.6. The second-order valence-corrected chi connectivity index (χ2v) is 6.25. The average molecular weight is 357 g/mol. The van der Waals surface area contributed by atoms with Crippen LogP contribution in [0.3, 0.4) is 0 Å². The highest BCUT2D eigenvalue weighted by molar-refractivity contribution is 6.30. The van der Waals surface area contributed by atoms with Gasteiger partial charge in [0.05, 0.1) is 13.0 Å². The van der Waals surface area contributed by atoms with Crippen LogP contribution in [-0.2, 0) is 14.3 Å². The minimum Gasteiger partial charge on any atom is -0.484 e. The monoisotopic (exact) mass is 356 g/mol. The van der Waals surface area contributed by atoms with E-state index in [-0.39, 0.29) is 18.5 Å². The highest BCUT2D eigenvalue weighted by Gasteiger charge is 2.22. The van der Waals surface area contributed by atoms with Crippen molar-refractivity contribution in [3.8, 4) is 5.75 Å². The third-order valence-corrected chi connectivity index (χ3v) is 3.70. The Morgan fingerprint density at radius 2 is 1.79 bits per heavy atom. The predicted octanol–water partition coefficient (Wildman–Crippen LogP) is 1.92. The summed E-state index contributed by atoms with van der Waals surface area (Å²) in [6.07, 6.45) is 0. The van der Waals surface area contributed by atoms with Crippen molar-refractivity contribution in [3.63, 3.8) is 0 Å². The van der Waals surface area contributed by atoms with Crippen molar-refractivity contribution in [2.24, 2.45) is 5.92 Å². The summed E-state index contributed by atoms with van der Waals surface area (Å²) < 4.78 is 10.2. The van der Waals surface area contributed by atoms with Crippen molar-refractivity contribution in [2.75, 3.05) is 47.4 Å². The fraction of sp³-hybridized carbons (Fsp3) is 0.529. The van der Waals surface area contributed by atoms with Gasteiger partial charge in [0, 0.05) is 24.7 Å². The molecular weight excluding hydrogens is 332 g/mol. The number of halogens is 1. The number of esters is 1. The number of methoxy groups -OCH3 is 1. The van der Waals surface area contributed by atoms with Gasteiger partial charge in [-0.3, -0.25) is 9.59 Å². The van der Waals surface area contributed by atoms with Gasteiger partial charge < -0.3 is 19.3 Å². The lowest BCUT2D eigenvalue weighted by Crippen LogP contribution is -2.43. The first kappa shape index (κ1) is 20.3. The second-order valence-electron chi connectivity index (χ2n) is 5.81. The van der Waals surface area contributed by atoms with Crippen LogP contribution < -0.4 is 4.74 Å². The molecule has 0 saturated carbocycles. The van der Waals surface area contributed by atoms with Gasteiger partial charge in [0.15, 0.2) is 6.61 Å². The number of hydrogen-bond acceptors (Lipinski definition) is 5. The molecule has 1 atom stereocenters. The Kier molecular flexibility index (Phi) is 8.57. The molecule has 0 aromatic heterocycles. The maximum absolute atomic E-state index is 12.4. The molecule has 134 valence electrons. The van der Waals surface area contributed by atoms with E-state index in [0.29, 0.717) is 30.4 Å². The molecular formula is C17H25ClN2O4. The smallest absolute Gasteiger partial charge is 0.310 e. The number of hydrogen-bond donors (Lipinski definition) is 0. The summed E-state index contributed by atoms with van der Waals surface area (Å²) in [6, 6.07) is 6.81. The molecule has 1 amide bonds. The molecule has 0 heterocycles. The van der Waals surface area contributed by atoms with Crippen molar-refractivity contribution < 1.29 is 19.1 Å². The lowest BCUT2D eigenvalue weighted by molar-refractivity contribution is -0.146. The van der Waals surface area contributed by atoms with Gasteiger partial charge in [0.25, 0.3) is 5.91 Å². The largest absolute Gasteiger partial charge is 0.484 e. The Hall–Kier alpha value is -1.79. The van der Waals surface area contributed by atoms with E-state index in [0.717, 1.165) is 0 Å². The summed E-state index contributed by atoms with van der Waals surface area (Å²) in [5.41, 5.74) is 0. The molecule has 0 aliphatic heterocycles. The van der Waals surface area contributed by atoms with E-state index in [9.17, 15) is 9.59 Å². The van der Waals surface area contributed by atoms with E-state index in [1.165, 1.54) is 7.11 Å². The molecule has 1 aromatic rings. The van der Waals surface area contributed by atoms with Gasteiger partial charge in [0.2, 0.25) is 0 Å². The minimum atomic E-state index is -0.392. The number of ether oxygens (including phenoxy) is 2. The topological polar surface area (TPSA) is 59.1 Å². The minimum absolute atomic E-state index is 0.0943. The van der Waals surface area contributed by atoms with Crippen molar-refractivity contribution >= 4 is 23.5 Å². The lowest BCUT2D eigenvalue weighted by atomic mass is 10.1. The molecule has 6 nitrogen and oxygen atoms in total. The Balaban J connectivity index is 2.64. The first-order chi connectivity index (χ1) is 11.3. The van der Waals surface area contributed by atoms with Gasteiger partial charge >= 0.3 is 5.97 Å². The van der Waals surface area contributed by atoms with Crippen LogP contribution in [0.25, 0.3) is 0 Å². The summed E-state index contributed by atoms with van der Waals surface area (Å²) in [6.45, 7) is 3.14. The van der Waals surface area contributed by atoms with Crippen molar-refractivity contribution in [2.45, 2.75) is 6.92 Å². The molecule has 0 bridgehead atoms. The first-order valence-corrected chi connectivity index (χ1v) is 8.10. The standard InChI is InChI=1S/C17H25ClN2O4/c1-13(17(22)23-4)11-20(10-9-19(2)3)16(21)12-24-15-7-5-14(18)6-8-15/h5-8,13H,9-12H2,1-4H3. The number of carbonyl (C=O) groups is 2. The van der Waals surface area contributed by atoms with Crippen LogP contribution in [0.15, 0.2) is 24.3 Å². The van der Waals surface area contributed by atoms with E-state index in [1.54, 1.807) is 36.1 Å². The maximum atomic E-state index is 12.4. The Morgan fingerprint density at radius 1 is 1.17 bits per heavy atom. The third-order valence-electron chi connectivity index (χ3n) is 3.44. The zero-order chi connectivity index (χ0) is 18.1. The van der Waals surface area contributed by atoms with Crippen molar-refractivity contribution in [1.29, 1.82) is 0 Å². The molecule has 0 N–H and O–H groups in total. The van der Waals surface area contributed by atoms with E-state index >= 15 is 0 Å². The van der Waals surface area contributed by atoms with Gasteiger partial charge in [-0.05, 0) is 38.4 Å². The van der Waals surface area contributed by atoms with Crippen LogP contribution in [0, 0.1) is 5.92 Å². The Bertz CT molecular complexity index is 534. The maximum Gasteiger partial charge on any atom is 0.310 e. The number of carbonyl (C=O) groups excluding carboxylic acids is 2. The third kappa shape index (κ3) is 7.19. The molecule has 1 aromatic carbocycles. The average Bonchev–Trinajstić information content (AvgIpc) is 2.56. The molecule has 0 spiro atoms. The number of amides is 1. The molecule has 7 heteroatoms. The SMILES string of the molecule is COC(=O)C(C)CN(CCN(C)C)C(=O)COc1ccc(Cl)cc1. The van der Waals surface area contributed by atoms with Crippen LogP contribution in [-0.4, -0.2) is 69.1 Å². The summed E-state index contributed by atoms with van der Waals surface area (Å²) in [5, 5.41) is 0.605. The Labute approximate surface area is 148 Å². The Morgan fingerprint density at radius 3 is 2.33 bits per heavy atom. The van der Waals surface area contributed by atoms with Crippen LogP contribution in [0.5, 0.6) is 5.75 Å². The normalized spacial score (nSPS) is 11.9. The summed E-state index contributed by atoms with van der Waals surface area (Å²) >= 11 is 5.82. The second kappa shape index (κ2) is 10.2. The first-order valence-electron chi connectivity index (χ1n) is 7.72. The highest BCUT2D eigenvalue weighted by Crippen LogP contribution is 2.15. The number of benzene rings is 1. The fourth-order valence-electron chi connectivity index (χ4n) is 2.01. The fourth-order valence-corrected chi connectivity index (χ4v) is 2.14. The van der Waals surface area contributed by atoms with Crippen molar-refractivity contribution in [3.05, 3.63) is 29.3 Å². The van der Waals surface area contributed by atoms with Crippen LogP contribution in [0.4, 0.5) is 0 Å². The van der Waals surface area contributed by atoms with Crippen molar-refractivity contribution in [1.82, 2.24) is 9.80 Å². The molecule has 1 unspecified atom stereocenters. The molecule has 0 aliphatic carbocycles. The van der Waals surface area contributed by atoms with Crippen LogP contribution in [0.2, 0.25) is 5.02 Å². The van der Waals surface area contributed by atoms with Gasteiger partial charge in [-0.25, -0.2) is 0 Å². The van der Waals surface area contributed by atoms with Gasteiger partial charge in [-0.2, -0.15) is 0 Å². The van der Waals surface area contributed by atoms with Gasteiger partial charge in [0.1, 0.15) is 5.75 Å². The van der Waals surface area contributed by atoms with E-state index < -0.39 is 5.92 Å². The van der Waals surface area contributed by atoms with Gasteiger partial charge in [-0.1, -0.05) is 18.5 Å². The number of rotatable bonds is 9. The molecule has 0 radical (unpaired) electrons. The lowest BCUT2D eigenvalue weighted by Gasteiger charge is -2.26. The van der Waals surface area contributed by atoms with E-state index in [1.807, 2.05) is 19.0 Å². The summed E-state index contributed by atoms with van der Waals surface area (Å²) in [5.74, 6) is -0.336. The van der Waals surface area contributed by atoms with Crippen LogP contribution in [0.1, 0.15) is 6.92 Å². The molecule has 0 aliphatic rings. The quantitative estimate of drug-likeness (QED) is 0.633. The number of nitrogens with zero attached hydrogens (tertiary/aromatic N) is 2. The zero-order valence-corrected chi connectivity index (χ0v) is 15.4. The van der Waals surface area contributed by atoms with E-state index in [2.05, 4.69) is 0 Å². The molecule has 1 rings (SSSR count). The van der Waals surface area contributed by atoms with E-state index in [4.69, 9.17) is 21.1 Å². The molecule has 0 saturated heterocycles. The molecule has 0 fully saturated rings. The molecule has 24 heavy (non-hydrogen) atoms. The summed E-state index contributed by atoms with van der Waals surface area (Å²) in [7, 11) is 5.20. The highest BCUT2D eigenvalue weighted by atomic mass is 35.5. The number of likely N-dealkylation sites (N-methyl/N-ethyl adjacent to an activating group) is 1. The summed E-state index contributed by atoms with van der Waals surface area (Å²) in [4.78, 5) is 27.6. The van der Waals surface area contributed by atoms with Gasteiger partial charge in [-0.15, -0.1) is 0 Å². The van der Waals surface area contributed by atoms with Crippen LogP contribution >= 0.6 is 11.6 Å².